The molecule has 3 saturated heterocycles. The molecule has 0 radical (unpaired) electrons. The molecule has 0 unspecified atom stereocenters. The normalized spacial score (nSPS) is 40.5. The number of rotatable bonds is 5. The number of hydrogen-bond donors (Lipinski definition) is 3. The fourth-order valence-electron chi connectivity index (χ4n) is 6.36. The Morgan fingerprint density at radius 2 is 1.64 bits per heavy atom. The highest BCUT2D eigenvalue weighted by molar-refractivity contribution is 5.79. The van der Waals surface area contributed by atoms with Gasteiger partial charge in [0.15, 0.2) is 35.6 Å². The quantitative estimate of drug-likeness (QED) is 0.428. The number of aromatic hydroxyl groups is 1. The highest BCUT2D eigenvalue weighted by atomic mass is 16.8. The fourth-order valence-corrected chi connectivity index (χ4v) is 6.36. The Hall–Kier alpha value is -3.33. The van der Waals surface area contributed by atoms with Crippen molar-refractivity contribution < 1.29 is 66.9 Å². The Balaban J connectivity index is 1.37. The second-order valence-corrected chi connectivity index (χ2v) is 10.7. The van der Waals surface area contributed by atoms with Crippen LogP contribution in [-0.2, 0) is 28.5 Å². The van der Waals surface area contributed by atoms with Gasteiger partial charge in [-0.15, -0.1) is 0 Å². The van der Waals surface area contributed by atoms with Gasteiger partial charge in [-0.1, -0.05) is 0 Å². The van der Waals surface area contributed by atoms with Crippen LogP contribution in [0.15, 0.2) is 24.3 Å². The molecule has 4 aliphatic heterocycles. The standard InChI is InChI=1S/C29H32O13/c1-11-36-9-20-27(40-11)24(31)25(32)29(41-20)42-26-14-7-17-16(38-10-39-17)6-13(14)21(22-15(26)8-37-28(22)33)12-4-18(34-2)23(30)19(5-12)35-3/h4-7,11,15,20-22,24-27,29-32H,8-10H2,1-3H3/t11-,15+,20-,21-,22+,24-,25-,26-,27-,29+/m1/s1/i10D2,21D. The van der Waals surface area contributed by atoms with Crippen LogP contribution in [0.25, 0.3) is 0 Å². The van der Waals surface area contributed by atoms with Crippen LogP contribution in [-0.4, -0.2) is 92.5 Å². The van der Waals surface area contributed by atoms with Gasteiger partial charge in [-0.25, -0.2) is 0 Å². The summed E-state index contributed by atoms with van der Waals surface area (Å²) in [5, 5.41) is 32.6. The predicted octanol–water partition coefficient (Wildman–Crippen LogP) is 1.34. The van der Waals surface area contributed by atoms with Crippen molar-refractivity contribution in [2.75, 3.05) is 34.2 Å². The lowest BCUT2D eigenvalue weighted by atomic mass is 9.66. The molecule has 226 valence electrons. The van der Waals surface area contributed by atoms with Gasteiger partial charge in [-0.05, 0) is 47.9 Å². The molecule has 7 rings (SSSR count). The van der Waals surface area contributed by atoms with Gasteiger partial charge in [-0.3, -0.25) is 4.79 Å². The maximum absolute atomic E-state index is 13.5. The van der Waals surface area contributed by atoms with Gasteiger partial charge in [0.25, 0.3) is 0 Å². The van der Waals surface area contributed by atoms with E-state index < -0.39 is 73.5 Å². The molecule has 0 aromatic heterocycles. The SMILES string of the molecule is [2H]C1([2H])Oc2cc3c(cc2O1)[C@@]([2H])(c1cc(OC)c(O)c(OC)c1)[C@H]1C(=O)OC[C@@H]1[C@@H]3O[C@@H]1O[C@@H]2CO[C@@H](C)O[C@H]2[C@H](O)[C@H]1O. The van der Waals surface area contributed by atoms with Crippen LogP contribution in [0.4, 0.5) is 0 Å². The van der Waals surface area contributed by atoms with Crippen LogP contribution in [0.5, 0.6) is 28.7 Å². The van der Waals surface area contributed by atoms with Crippen molar-refractivity contribution in [1.82, 2.24) is 0 Å². The third-order valence-electron chi connectivity index (χ3n) is 8.37. The zero-order valence-corrected chi connectivity index (χ0v) is 22.8. The van der Waals surface area contributed by atoms with Crippen LogP contribution in [0.2, 0.25) is 0 Å². The summed E-state index contributed by atoms with van der Waals surface area (Å²) in [7, 11) is 2.66. The lowest BCUT2D eigenvalue weighted by molar-refractivity contribution is -0.364. The van der Waals surface area contributed by atoms with Crippen LogP contribution < -0.4 is 18.9 Å². The topological polar surface area (TPSA) is 161 Å². The maximum atomic E-state index is 13.5. The lowest BCUT2D eigenvalue weighted by Gasteiger charge is -2.47. The molecular formula is C29H32O13. The molecule has 0 spiro atoms. The lowest BCUT2D eigenvalue weighted by Crippen LogP contribution is -2.63. The average molecular weight is 592 g/mol. The molecule has 2 aromatic rings. The van der Waals surface area contributed by atoms with Gasteiger partial charge >= 0.3 is 5.97 Å². The highest BCUT2D eigenvalue weighted by Gasteiger charge is 2.56. The van der Waals surface area contributed by atoms with Crippen LogP contribution in [0, 0.1) is 11.8 Å². The van der Waals surface area contributed by atoms with Crippen molar-refractivity contribution in [3.05, 3.63) is 41.0 Å². The monoisotopic (exact) mass is 591 g/mol. The Morgan fingerprint density at radius 3 is 2.33 bits per heavy atom. The molecular weight excluding hydrogens is 556 g/mol. The molecule has 0 bridgehead atoms. The van der Waals surface area contributed by atoms with Crippen LogP contribution in [0.1, 0.15) is 39.7 Å². The van der Waals surface area contributed by atoms with E-state index in [2.05, 4.69) is 0 Å². The summed E-state index contributed by atoms with van der Waals surface area (Å²) in [5.74, 6) is -5.02. The molecule has 13 nitrogen and oxygen atoms in total. The molecule has 0 saturated carbocycles. The van der Waals surface area contributed by atoms with Crippen molar-refractivity contribution in [2.24, 2.45) is 11.8 Å². The highest BCUT2D eigenvalue weighted by Crippen LogP contribution is 2.57. The largest absolute Gasteiger partial charge is 0.502 e. The maximum Gasteiger partial charge on any atom is 0.310 e. The van der Waals surface area contributed by atoms with E-state index in [0.29, 0.717) is 5.56 Å². The first kappa shape index (κ1) is 24.1. The minimum Gasteiger partial charge on any atom is -0.502 e. The molecule has 4 heterocycles. The number of hydrogen-bond acceptors (Lipinski definition) is 13. The van der Waals surface area contributed by atoms with Crippen molar-refractivity contribution >= 4 is 5.97 Å². The van der Waals surface area contributed by atoms with E-state index in [4.69, 9.17) is 45.4 Å². The van der Waals surface area contributed by atoms with E-state index in [0.717, 1.165) is 0 Å². The van der Waals surface area contributed by atoms with E-state index in [9.17, 15) is 21.5 Å². The second-order valence-electron chi connectivity index (χ2n) is 10.7. The molecule has 10 atom stereocenters. The number of benzene rings is 2. The first-order chi connectivity index (χ1) is 21.4. The number of phenolic OH excluding ortho intramolecular Hbond substituents is 1. The minimum atomic E-state index is -2.51. The van der Waals surface area contributed by atoms with Crippen molar-refractivity contribution in [1.29, 1.82) is 0 Å². The number of esters is 1. The fraction of sp³-hybridized carbons (Fsp3) is 0.552. The van der Waals surface area contributed by atoms with Crippen molar-refractivity contribution in [3.63, 3.8) is 0 Å². The molecule has 13 heteroatoms. The number of cyclic esters (lactones) is 1. The molecule has 0 amide bonds. The van der Waals surface area contributed by atoms with Gasteiger partial charge in [0.1, 0.15) is 27.2 Å². The van der Waals surface area contributed by atoms with Crippen LogP contribution >= 0.6 is 0 Å². The van der Waals surface area contributed by atoms with Gasteiger partial charge in [0, 0.05) is 13.2 Å². The minimum absolute atomic E-state index is 0.00982. The average Bonchev–Trinajstić information content (AvgIpc) is 3.54. The number of carbonyl (C=O) groups excluding carboxylic acids is 1. The Morgan fingerprint density at radius 1 is 0.952 bits per heavy atom. The summed E-state index contributed by atoms with van der Waals surface area (Å²) < 4.78 is 76.5. The molecule has 1 aliphatic carbocycles. The molecule has 3 N–H and O–H groups in total. The van der Waals surface area contributed by atoms with Crippen molar-refractivity contribution in [3.8, 4) is 28.7 Å². The van der Waals surface area contributed by atoms with E-state index in [1.54, 1.807) is 6.92 Å². The molecule has 5 aliphatic rings. The van der Waals surface area contributed by atoms with Crippen LogP contribution in [0.3, 0.4) is 0 Å². The number of aliphatic hydroxyl groups excluding tert-OH is 2. The third-order valence-corrected chi connectivity index (χ3v) is 8.37. The molecule has 42 heavy (non-hydrogen) atoms. The zero-order chi connectivity index (χ0) is 32.0. The van der Waals surface area contributed by atoms with Gasteiger partial charge in [0.2, 0.25) is 12.5 Å². The predicted molar refractivity (Wildman–Crippen MR) is 138 cm³/mol. The zero-order valence-electron chi connectivity index (χ0n) is 25.8. The first-order valence-corrected chi connectivity index (χ1v) is 13.5. The van der Waals surface area contributed by atoms with E-state index in [1.165, 1.54) is 38.5 Å². The Labute approximate surface area is 244 Å². The summed E-state index contributed by atoms with van der Waals surface area (Å²) in [6.45, 7) is -0.949. The van der Waals surface area contributed by atoms with E-state index in [1.807, 2.05) is 0 Å². The Bertz CT molecular complexity index is 1500. The van der Waals surface area contributed by atoms with E-state index >= 15 is 0 Å². The summed E-state index contributed by atoms with van der Waals surface area (Å²) in [4.78, 5) is 13.5. The molecule has 3 fully saturated rings. The number of fused-ring (bicyclic) bond motifs is 4. The number of ether oxygens (including phenoxy) is 9. The summed E-state index contributed by atoms with van der Waals surface area (Å²) in [6, 6.07) is 5.69. The van der Waals surface area contributed by atoms with E-state index in [-0.39, 0.29) is 53.1 Å². The van der Waals surface area contributed by atoms with Gasteiger partial charge in [0.05, 0.1) is 39.5 Å². The van der Waals surface area contributed by atoms with Gasteiger partial charge in [-0.2, -0.15) is 0 Å². The smallest absolute Gasteiger partial charge is 0.310 e. The number of methoxy groups -OCH3 is 2. The first-order valence-electron chi connectivity index (χ1n) is 15.0. The van der Waals surface area contributed by atoms with Gasteiger partial charge < -0.3 is 58.0 Å². The summed E-state index contributed by atoms with van der Waals surface area (Å²) >= 11 is 0. The summed E-state index contributed by atoms with van der Waals surface area (Å²) in [5.41, 5.74) is 0.666. The number of carbonyl (C=O) groups is 1. The summed E-state index contributed by atoms with van der Waals surface area (Å²) in [6.07, 6.45) is -7.72. The number of aliphatic hydroxyl groups is 2. The third kappa shape index (κ3) is 4.26. The van der Waals surface area contributed by atoms with Crippen molar-refractivity contribution in [2.45, 2.75) is 55.9 Å². The Kier molecular flexibility index (Phi) is 6.00. The second kappa shape index (κ2) is 10.4. The molecule has 2 aromatic carbocycles. The number of phenols is 1.